The Morgan fingerprint density at radius 3 is 2.78 bits per heavy atom. The lowest BCUT2D eigenvalue weighted by Gasteiger charge is -2.10. The number of rotatable bonds is 4. The highest BCUT2D eigenvalue weighted by Gasteiger charge is 2.11. The Balaban J connectivity index is 1.70. The maximum atomic E-state index is 11.4. The fourth-order valence-electron chi connectivity index (χ4n) is 2.40. The highest BCUT2D eigenvalue weighted by molar-refractivity contribution is 5.94. The summed E-state index contributed by atoms with van der Waals surface area (Å²) in [6, 6.07) is 5.87. The van der Waals surface area contributed by atoms with Crippen LogP contribution < -0.4 is 14.8 Å². The summed E-state index contributed by atoms with van der Waals surface area (Å²) >= 11 is 0. The highest BCUT2D eigenvalue weighted by atomic mass is 16.5. The molecule has 1 N–H and O–H groups in total. The van der Waals surface area contributed by atoms with Gasteiger partial charge in [-0.05, 0) is 31.5 Å². The van der Waals surface area contributed by atoms with Crippen molar-refractivity contribution in [2.24, 2.45) is 0 Å². The molecule has 0 aliphatic carbocycles. The van der Waals surface area contributed by atoms with Crippen molar-refractivity contribution < 1.29 is 14.3 Å². The molecule has 6 heteroatoms. The third-order valence-electron chi connectivity index (χ3n) is 3.62. The van der Waals surface area contributed by atoms with E-state index in [0.29, 0.717) is 37.0 Å². The summed E-state index contributed by atoms with van der Waals surface area (Å²) in [7, 11) is 0. The number of fused-ring (bicyclic) bond motifs is 1. The minimum atomic E-state index is -0.0306. The van der Waals surface area contributed by atoms with Crippen LogP contribution in [0.5, 0.6) is 11.5 Å². The molecule has 2 heterocycles. The summed E-state index contributed by atoms with van der Waals surface area (Å²) in [6.45, 7) is 5.22. The van der Waals surface area contributed by atoms with Crippen LogP contribution in [0.1, 0.15) is 35.0 Å². The molecule has 1 aliphatic rings. The second-order valence-corrected chi connectivity index (χ2v) is 5.43. The molecule has 0 saturated carbocycles. The largest absolute Gasteiger partial charge is 0.490 e. The van der Waals surface area contributed by atoms with Crippen LogP contribution in [0, 0.1) is 6.92 Å². The molecule has 0 fully saturated rings. The number of ketones is 1. The van der Waals surface area contributed by atoms with E-state index in [1.165, 1.54) is 6.92 Å². The number of benzene rings is 1. The number of aryl methyl sites for hydroxylation is 1. The first-order valence-electron chi connectivity index (χ1n) is 7.60. The first-order chi connectivity index (χ1) is 11.1. The first kappa shape index (κ1) is 15.3. The molecule has 0 spiro atoms. The average Bonchev–Trinajstić information content (AvgIpc) is 2.77. The van der Waals surface area contributed by atoms with Crippen molar-refractivity contribution in [1.82, 2.24) is 9.97 Å². The fourth-order valence-corrected chi connectivity index (χ4v) is 2.40. The van der Waals surface area contributed by atoms with Crippen LogP contribution in [0.4, 0.5) is 5.95 Å². The maximum absolute atomic E-state index is 11.4. The number of hydrogen-bond donors (Lipinski definition) is 1. The molecule has 0 atom stereocenters. The predicted octanol–water partition coefficient (Wildman–Crippen LogP) is 2.76. The van der Waals surface area contributed by atoms with E-state index < -0.39 is 0 Å². The zero-order chi connectivity index (χ0) is 16.2. The Morgan fingerprint density at radius 2 is 2.04 bits per heavy atom. The van der Waals surface area contributed by atoms with Gasteiger partial charge in [0.05, 0.1) is 24.5 Å². The van der Waals surface area contributed by atoms with Crippen LogP contribution in [0.15, 0.2) is 24.4 Å². The summed E-state index contributed by atoms with van der Waals surface area (Å²) in [4.78, 5) is 19.9. The Morgan fingerprint density at radius 1 is 1.26 bits per heavy atom. The molecule has 23 heavy (non-hydrogen) atoms. The minimum absolute atomic E-state index is 0.0306. The molecule has 0 bridgehead atoms. The SMILES string of the molecule is CC(=O)c1cnc(NCc2ccc3c(c2)OCCCO3)nc1C. The molecule has 3 rings (SSSR count). The van der Waals surface area contributed by atoms with Gasteiger partial charge in [-0.15, -0.1) is 0 Å². The van der Waals surface area contributed by atoms with Gasteiger partial charge in [0.25, 0.3) is 0 Å². The third-order valence-corrected chi connectivity index (χ3v) is 3.62. The topological polar surface area (TPSA) is 73.3 Å². The molecule has 6 nitrogen and oxygen atoms in total. The number of carbonyl (C=O) groups excluding carboxylic acids is 1. The number of ether oxygens (including phenoxy) is 2. The van der Waals surface area contributed by atoms with Crippen molar-refractivity contribution in [2.45, 2.75) is 26.8 Å². The molecule has 120 valence electrons. The zero-order valence-electron chi connectivity index (χ0n) is 13.3. The summed E-state index contributed by atoms with van der Waals surface area (Å²) in [5, 5.41) is 3.16. The van der Waals surface area contributed by atoms with E-state index in [2.05, 4.69) is 15.3 Å². The molecule has 1 aromatic heterocycles. The van der Waals surface area contributed by atoms with Crippen molar-refractivity contribution in [3.05, 3.63) is 41.2 Å². The smallest absolute Gasteiger partial charge is 0.223 e. The Hall–Kier alpha value is -2.63. The van der Waals surface area contributed by atoms with E-state index >= 15 is 0 Å². The maximum Gasteiger partial charge on any atom is 0.223 e. The highest BCUT2D eigenvalue weighted by Crippen LogP contribution is 2.30. The average molecular weight is 313 g/mol. The first-order valence-corrected chi connectivity index (χ1v) is 7.60. The molecular weight excluding hydrogens is 294 g/mol. The number of hydrogen-bond acceptors (Lipinski definition) is 6. The third kappa shape index (κ3) is 3.59. The number of carbonyl (C=O) groups is 1. The van der Waals surface area contributed by atoms with E-state index in [1.807, 2.05) is 18.2 Å². The van der Waals surface area contributed by atoms with E-state index in [0.717, 1.165) is 23.5 Å². The van der Waals surface area contributed by atoms with Crippen molar-refractivity contribution in [1.29, 1.82) is 0 Å². The van der Waals surface area contributed by atoms with Gasteiger partial charge in [0.1, 0.15) is 0 Å². The molecule has 0 unspecified atom stereocenters. The van der Waals surface area contributed by atoms with Crippen molar-refractivity contribution in [3.63, 3.8) is 0 Å². The van der Waals surface area contributed by atoms with Crippen LogP contribution in [-0.4, -0.2) is 29.0 Å². The van der Waals surface area contributed by atoms with Gasteiger partial charge in [-0.2, -0.15) is 0 Å². The Kier molecular flexibility index (Phi) is 4.41. The van der Waals surface area contributed by atoms with Gasteiger partial charge >= 0.3 is 0 Å². The second-order valence-electron chi connectivity index (χ2n) is 5.43. The van der Waals surface area contributed by atoms with Crippen LogP contribution in [-0.2, 0) is 6.54 Å². The normalized spacial score (nSPS) is 13.3. The molecule has 0 radical (unpaired) electrons. The molecule has 2 aromatic rings. The fraction of sp³-hybridized carbons (Fsp3) is 0.353. The van der Waals surface area contributed by atoms with Crippen LogP contribution in [0.3, 0.4) is 0 Å². The number of nitrogens with one attached hydrogen (secondary N) is 1. The summed E-state index contributed by atoms with van der Waals surface area (Å²) < 4.78 is 11.3. The van der Waals surface area contributed by atoms with Gasteiger partial charge in [-0.1, -0.05) is 6.07 Å². The molecule has 0 amide bonds. The monoisotopic (exact) mass is 313 g/mol. The van der Waals surface area contributed by atoms with Crippen molar-refractivity contribution in [2.75, 3.05) is 18.5 Å². The van der Waals surface area contributed by atoms with Gasteiger partial charge in [0.2, 0.25) is 5.95 Å². The van der Waals surface area contributed by atoms with E-state index in [9.17, 15) is 4.79 Å². The van der Waals surface area contributed by atoms with Gasteiger partial charge in [0.15, 0.2) is 17.3 Å². The quantitative estimate of drug-likeness (QED) is 0.875. The number of aromatic nitrogens is 2. The molecule has 1 aliphatic heterocycles. The van der Waals surface area contributed by atoms with Crippen LogP contribution >= 0.6 is 0 Å². The van der Waals surface area contributed by atoms with E-state index in [4.69, 9.17) is 9.47 Å². The predicted molar refractivity (Wildman–Crippen MR) is 86.1 cm³/mol. The Bertz CT molecular complexity index is 731. The van der Waals surface area contributed by atoms with E-state index in [-0.39, 0.29) is 5.78 Å². The lowest BCUT2D eigenvalue weighted by atomic mass is 10.2. The van der Waals surface area contributed by atoms with Crippen LogP contribution in [0.25, 0.3) is 0 Å². The molecular formula is C17H19N3O3. The number of nitrogens with zero attached hydrogens (tertiary/aromatic N) is 2. The summed E-state index contributed by atoms with van der Waals surface area (Å²) in [5.41, 5.74) is 2.27. The van der Waals surface area contributed by atoms with Crippen molar-refractivity contribution in [3.8, 4) is 11.5 Å². The van der Waals surface area contributed by atoms with Gasteiger partial charge in [0, 0.05) is 19.2 Å². The minimum Gasteiger partial charge on any atom is -0.490 e. The van der Waals surface area contributed by atoms with Gasteiger partial charge in [-0.25, -0.2) is 9.97 Å². The Labute approximate surface area is 134 Å². The molecule has 1 aromatic carbocycles. The van der Waals surface area contributed by atoms with Crippen LogP contribution in [0.2, 0.25) is 0 Å². The summed E-state index contributed by atoms with van der Waals surface area (Å²) in [5.74, 6) is 2.02. The van der Waals surface area contributed by atoms with Crippen molar-refractivity contribution >= 4 is 11.7 Å². The number of anilines is 1. The second kappa shape index (κ2) is 6.64. The van der Waals surface area contributed by atoms with Gasteiger partial charge in [-0.3, -0.25) is 4.79 Å². The van der Waals surface area contributed by atoms with E-state index in [1.54, 1.807) is 13.1 Å². The zero-order valence-corrected chi connectivity index (χ0v) is 13.3. The lowest BCUT2D eigenvalue weighted by molar-refractivity contribution is 0.101. The number of Topliss-reactive ketones (excluding diaryl/α,β-unsaturated/α-hetero) is 1. The van der Waals surface area contributed by atoms with Gasteiger partial charge < -0.3 is 14.8 Å². The molecule has 0 saturated heterocycles. The standard InChI is InChI=1S/C17H19N3O3/c1-11-14(12(2)21)10-19-17(20-11)18-9-13-4-5-15-16(8-13)23-7-3-6-22-15/h4-5,8,10H,3,6-7,9H2,1-2H3,(H,18,19,20). The summed E-state index contributed by atoms with van der Waals surface area (Å²) in [6.07, 6.45) is 2.44. The lowest BCUT2D eigenvalue weighted by Crippen LogP contribution is -2.07.